The van der Waals surface area contributed by atoms with E-state index in [0.29, 0.717) is 16.5 Å². The third kappa shape index (κ3) is 5.62. The number of amides is 1. The first-order chi connectivity index (χ1) is 14.9. The van der Waals surface area contributed by atoms with Crippen LogP contribution >= 0.6 is 11.6 Å². The molecule has 0 spiro atoms. The normalized spacial score (nSPS) is 10.6. The van der Waals surface area contributed by atoms with Crippen LogP contribution in [-0.4, -0.2) is 22.7 Å². The number of halogens is 2. The van der Waals surface area contributed by atoms with E-state index in [9.17, 15) is 19.1 Å². The van der Waals surface area contributed by atoms with Crippen LogP contribution in [0.5, 0.6) is 11.5 Å². The summed E-state index contributed by atoms with van der Waals surface area (Å²) in [5.41, 5.74) is 0.387. The summed E-state index contributed by atoms with van der Waals surface area (Å²) in [5, 5.41) is 12.7. The number of carbonyl (C=O) groups excluding carboxylic acids is 1. The third-order valence-electron chi connectivity index (χ3n) is 4.44. The van der Waals surface area contributed by atoms with Gasteiger partial charge in [0.25, 0.3) is 0 Å². The Kier molecular flexibility index (Phi) is 7.28. The summed E-state index contributed by atoms with van der Waals surface area (Å²) in [4.78, 5) is 24.8. The molecule has 0 aliphatic carbocycles. The maximum Gasteiger partial charge on any atom is 0.244 e. The number of hydrogen-bond acceptors (Lipinski definition) is 5. The van der Waals surface area contributed by atoms with Gasteiger partial charge in [-0.2, -0.15) is 0 Å². The Bertz CT molecular complexity index is 1150. The smallest absolute Gasteiger partial charge is 0.244 e. The summed E-state index contributed by atoms with van der Waals surface area (Å²) in [6, 6.07) is 12.0. The van der Waals surface area contributed by atoms with Crippen LogP contribution in [0, 0.1) is 5.82 Å². The number of rotatable bonds is 8. The molecular weight excluding hydrogens is 427 g/mol. The number of aliphatic hydroxyl groups is 1. The first-order valence-corrected chi connectivity index (χ1v) is 9.63. The molecule has 1 aromatic heterocycles. The fourth-order valence-electron chi connectivity index (χ4n) is 2.88. The lowest BCUT2D eigenvalue weighted by Crippen LogP contribution is -2.23. The fourth-order valence-corrected chi connectivity index (χ4v) is 3.05. The standard InChI is InChI=1S/C22H20ClFN2O5/c1-30-20-7-6-15(23)8-18(20)25-22(29)11-26-10-21(19(28)9-16(26)12-27)31-13-14-4-2-3-5-17(14)24/h2-10,27H,11-13H2,1H3,(H,25,29). The molecule has 0 aliphatic rings. The Hall–Kier alpha value is -3.36. The molecular formula is C22H20ClFN2O5. The van der Waals surface area contributed by atoms with Gasteiger partial charge in [-0.05, 0) is 24.3 Å². The molecule has 0 atom stereocenters. The van der Waals surface area contributed by atoms with E-state index in [4.69, 9.17) is 21.1 Å². The van der Waals surface area contributed by atoms with E-state index in [1.54, 1.807) is 36.4 Å². The number of nitrogens with zero attached hydrogens (tertiary/aromatic N) is 1. The Morgan fingerprint density at radius 3 is 2.68 bits per heavy atom. The number of carbonyl (C=O) groups is 1. The lowest BCUT2D eigenvalue weighted by molar-refractivity contribution is -0.116. The Labute approximate surface area is 182 Å². The number of hydrogen-bond donors (Lipinski definition) is 2. The van der Waals surface area contributed by atoms with E-state index in [-0.39, 0.29) is 30.2 Å². The highest BCUT2D eigenvalue weighted by atomic mass is 35.5. The molecule has 31 heavy (non-hydrogen) atoms. The molecule has 0 bridgehead atoms. The molecule has 162 valence electrons. The van der Waals surface area contributed by atoms with Crippen LogP contribution < -0.4 is 20.2 Å². The molecule has 0 saturated heterocycles. The molecule has 2 aromatic carbocycles. The molecule has 3 rings (SSSR count). The van der Waals surface area contributed by atoms with Crippen LogP contribution in [-0.2, 0) is 24.6 Å². The SMILES string of the molecule is COc1ccc(Cl)cc1NC(=O)Cn1cc(OCc2ccccc2F)c(=O)cc1CO. The van der Waals surface area contributed by atoms with E-state index in [1.807, 2.05) is 0 Å². The second-order valence-electron chi connectivity index (χ2n) is 6.55. The first-order valence-electron chi connectivity index (χ1n) is 9.25. The summed E-state index contributed by atoms with van der Waals surface area (Å²) in [6.07, 6.45) is 1.31. The summed E-state index contributed by atoms with van der Waals surface area (Å²) in [7, 11) is 1.46. The summed E-state index contributed by atoms with van der Waals surface area (Å²) in [5.74, 6) is -0.550. The van der Waals surface area contributed by atoms with Gasteiger partial charge in [-0.3, -0.25) is 9.59 Å². The summed E-state index contributed by atoms with van der Waals surface area (Å²) in [6.45, 7) is -0.842. The lowest BCUT2D eigenvalue weighted by atomic mass is 10.2. The van der Waals surface area contributed by atoms with Gasteiger partial charge in [0, 0.05) is 22.3 Å². The molecule has 0 unspecified atom stereocenters. The van der Waals surface area contributed by atoms with Gasteiger partial charge in [-0.25, -0.2) is 4.39 Å². The molecule has 1 amide bonds. The van der Waals surface area contributed by atoms with Crippen LogP contribution in [0.1, 0.15) is 11.3 Å². The molecule has 7 nitrogen and oxygen atoms in total. The monoisotopic (exact) mass is 446 g/mol. The quantitative estimate of drug-likeness (QED) is 0.554. The van der Waals surface area contributed by atoms with Gasteiger partial charge in [0.2, 0.25) is 11.3 Å². The zero-order valence-corrected chi connectivity index (χ0v) is 17.4. The van der Waals surface area contributed by atoms with Crippen molar-refractivity contribution < 1.29 is 23.8 Å². The number of anilines is 1. The van der Waals surface area contributed by atoms with Crippen molar-refractivity contribution in [3.63, 3.8) is 0 Å². The highest BCUT2D eigenvalue weighted by Crippen LogP contribution is 2.27. The van der Waals surface area contributed by atoms with E-state index in [2.05, 4.69) is 5.32 Å². The number of pyridine rings is 1. The first kappa shape index (κ1) is 22.3. The second-order valence-corrected chi connectivity index (χ2v) is 6.99. The third-order valence-corrected chi connectivity index (χ3v) is 4.67. The number of aromatic nitrogens is 1. The summed E-state index contributed by atoms with van der Waals surface area (Å²) < 4.78 is 25.8. The topological polar surface area (TPSA) is 89.8 Å². The highest BCUT2D eigenvalue weighted by molar-refractivity contribution is 6.31. The van der Waals surface area contributed by atoms with Gasteiger partial charge in [0.05, 0.1) is 25.6 Å². The van der Waals surface area contributed by atoms with Crippen LogP contribution in [0.15, 0.2) is 59.5 Å². The Morgan fingerprint density at radius 1 is 1.19 bits per heavy atom. The molecule has 9 heteroatoms. The van der Waals surface area contributed by atoms with Crippen molar-refractivity contribution in [3.8, 4) is 11.5 Å². The second kappa shape index (κ2) is 10.1. The molecule has 0 aliphatic heterocycles. The molecule has 2 N–H and O–H groups in total. The average molecular weight is 447 g/mol. The number of benzene rings is 2. The maximum atomic E-state index is 13.8. The predicted octanol–water partition coefficient (Wildman–Crippen LogP) is 3.36. The van der Waals surface area contributed by atoms with Gasteiger partial charge in [-0.15, -0.1) is 0 Å². The number of ether oxygens (including phenoxy) is 2. The minimum atomic E-state index is -0.492. The molecule has 1 heterocycles. The molecule has 0 fully saturated rings. The minimum absolute atomic E-state index is 0.0754. The molecule has 3 aromatic rings. The Balaban J connectivity index is 1.79. The van der Waals surface area contributed by atoms with Crippen molar-refractivity contribution in [2.45, 2.75) is 19.8 Å². The minimum Gasteiger partial charge on any atom is -0.495 e. The predicted molar refractivity (Wildman–Crippen MR) is 114 cm³/mol. The highest BCUT2D eigenvalue weighted by Gasteiger charge is 2.13. The molecule has 0 saturated carbocycles. The van der Waals surface area contributed by atoms with E-state index in [0.717, 1.165) is 0 Å². The number of aliphatic hydroxyl groups excluding tert-OH is 1. The van der Waals surface area contributed by atoms with E-state index < -0.39 is 23.8 Å². The van der Waals surface area contributed by atoms with Gasteiger partial charge in [-0.1, -0.05) is 29.8 Å². The van der Waals surface area contributed by atoms with Crippen molar-refractivity contribution in [2.75, 3.05) is 12.4 Å². The van der Waals surface area contributed by atoms with Crippen LogP contribution in [0.3, 0.4) is 0 Å². The molecule has 0 radical (unpaired) electrons. The average Bonchev–Trinajstić information content (AvgIpc) is 2.75. The largest absolute Gasteiger partial charge is 0.495 e. The van der Waals surface area contributed by atoms with Crippen LogP contribution in [0.25, 0.3) is 0 Å². The number of methoxy groups -OCH3 is 1. The van der Waals surface area contributed by atoms with Crippen molar-refractivity contribution in [1.82, 2.24) is 4.57 Å². The van der Waals surface area contributed by atoms with Crippen molar-refractivity contribution in [1.29, 1.82) is 0 Å². The Morgan fingerprint density at radius 2 is 1.97 bits per heavy atom. The van der Waals surface area contributed by atoms with Gasteiger partial charge in [0.15, 0.2) is 5.75 Å². The summed E-state index contributed by atoms with van der Waals surface area (Å²) >= 11 is 5.98. The zero-order valence-electron chi connectivity index (χ0n) is 16.6. The van der Waals surface area contributed by atoms with E-state index in [1.165, 1.54) is 30.0 Å². The lowest BCUT2D eigenvalue weighted by Gasteiger charge is -2.15. The van der Waals surface area contributed by atoms with Crippen molar-refractivity contribution in [3.05, 3.63) is 87.0 Å². The van der Waals surface area contributed by atoms with Crippen molar-refractivity contribution >= 4 is 23.2 Å². The van der Waals surface area contributed by atoms with Gasteiger partial charge in [0.1, 0.15) is 24.7 Å². The van der Waals surface area contributed by atoms with Gasteiger partial charge < -0.3 is 24.5 Å². The maximum absolute atomic E-state index is 13.8. The van der Waals surface area contributed by atoms with Crippen LogP contribution in [0.2, 0.25) is 5.02 Å². The van der Waals surface area contributed by atoms with Crippen LogP contribution in [0.4, 0.5) is 10.1 Å². The van der Waals surface area contributed by atoms with E-state index >= 15 is 0 Å². The number of nitrogens with one attached hydrogen (secondary N) is 1. The zero-order chi connectivity index (χ0) is 22.4. The van der Waals surface area contributed by atoms with Crippen molar-refractivity contribution in [2.24, 2.45) is 0 Å². The fraction of sp³-hybridized carbons (Fsp3) is 0.182. The van der Waals surface area contributed by atoms with Gasteiger partial charge >= 0.3 is 0 Å².